The number of fused-ring (bicyclic) bond motifs is 1. The van der Waals surface area contributed by atoms with Crippen LogP contribution in [0.5, 0.6) is 11.5 Å². The summed E-state index contributed by atoms with van der Waals surface area (Å²) in [5.74, 6) is 0.715. The van der Waals surface area contributed by atoms with Crippen molar-refractivity contribution in [1.29, 1.82) is 0 Å². The number of carbonyl (C=O) groups is 2. The number of rotatable bonds is 3. The van der Waals surface area contributed by atoms with Crippen molar-refractivity contribution in [1.82, 2.24) is 14.7 Å². The highest BCUT2D eigenvalue weighted by atomic mass is 16.7. The summed E-state index contributed by atoms with van der Waals surface area (Å²) in [7, 11) is 1.70. The number of hydrogen-bond acceptors (Lipinski definition) is 5. The van der Waals surface area contributed by atoms with Crippen molar-refractivity contribution in [3.8, 4) is 11.5 Å². The Labute approximate surface area is 150 Å². The molecule has 136 valence electrons. The van der Waals surface area contributed by atoms with Gasteiger partial charge in [-0.05, 0) is 37.5 Å². The van der Waals surface area contributed by atoms with Gasteiger partial charge in [0, 0.05) is 25.7 Å². The second-order valence-electron chi connectivity index (χ2n) is 6.41. The van der Waals surface area contributed by atoms with Crippen molar-refractivity contribution in [2.45, 2.75) is 19.3 Å². The molecule has 1 N–H and O–H groups in total. The van der Waals surface area contributed by atoms with Crippen LogP contribution >= 0.6 is 0 Å². The molecular weight excluding hydrogens is 336 g/mol. The van der Waals surface area contributed by atoms with Gasteiger partial charge in [0.2, 0.25) is 6.79 Å². The second kappa shape index (κ2) is 6.70. The summed E-state index contributed by atoms with van der Waals surface area (Å²) in [6, 6.07) is 4.98. The molecule has 0 unspecified atom stereocenters. The van der Waals surface area contributed by atoms with Crippen LogP contribution in [0.2, 0.25) is 0 Å². The molecule has 1 aromatic carbocycles. The number of aryl methyl sites for hydroxylation is 1. The molecule has 2 aromatic rings. The molecule has 8 nitrogen and oxygen atoms in total. The SMILES string of the molecule is Cn1ncc(NC(=O)c2ccc3c(c2)OCO3)c1C(=O)N1CCCCC1. The van der Waals surface area contributed by atoms with Gasteiger partial charge in [-0.2, -0.15) is 5.10 Å². The topological polar surface area (TPSA) is 85.7 Å². The monoisotopic (exact) mass is 356 g/mol. The van der Waals surface area contributed by atoms with E-state index < -0.39 is 0 Å². The standard InChI is InChI=1S/C18H20N4O4/c1-21-16(18(24)22-7-3-2-4-8-22)13(10-19-21)20-17(23)12-5-6-14-15(9-12)26-11-25-14/h5-6,9-10H,2-4,7-8,11H2,1H3,(H,20,23). The first kappa shape index (κ1) is 16.4. The first-order chi connectivity index (χ1) is 12.6. The Hall–Kier alpha value is -3.03. The van der Waals surface area contributed by atoms with Crippen LogP contribution in [0.3, 0.4) is 0 Å². The molecular formula is C18H20N4O4. The quantitative estimate of drug-likeness (QED) is 0.909. The third-order valence-corrected chi connectivity index (χ3v) is 4.67. The van der Waals surface area contributed by atoms with Gasteiger partial charge in [-0.3, -0.25) is 14.3 Å². The van der Waals surface area contributed by atoms with E-state index in [1.54, 1.807) is 25.2 Å². The summed E-state index contributed by atoms with van der Waals surface area (Å²) in [5, 5.41) is 6.94. The Bertz CT molecular complexity index is 855. The van der Waals surface area contributed by atoms with Crippen molar-refractivity contribution in [3.63, 3.8) is 0 Å². The maximum atomic E-state index is 12.9. The molecule has 8 heteroatoms. The van der Waals surface area contributed by atoms with Gasteiger partial charge >= 0.3 is 0 Å². The predicted molar refractivity (Wildman–Crippen MR) is 93.5 cm³/mol. The molecule has 1 fully saturated rings. The Kier molecular flexibility index (Phi) is 4.24. The van der Waals surface area contributed by atoms with Crippen LogP contribution in [0, 0.1) is 0 Å². The van der Waals surface area contributed by atoms with E-state index in [9.17, 15) is 9.59 Å². The summed E-state index contributed by atoms with van der Waals surface area (Å²) in [5.41, 5.74) is 1.22. The van der Waals surface area contributed by atoms with E-state index in [2.05, 4.69) is 10.4 Å². The highest BCUT2D eigenvalue weighted by Gasteiger charge is 2.25. The van der Waals surface area contributed by atoms with Crippen LogP contribution < -0.4 is 14.8 Å². The number of benzene rings is 1. The van der Waals surface area contributed by atoms with Crippen molar-refractivity contribution < 1.29 is 19.1 Å². The van der Waals surface area contributed by atoms with Crippen LogP contribution in [0.15, 0.2) is 24.4 Å². The van der Waals surface area contributed by atoms with E-state index in [4.69, 9.17) is 9.47 Å². The van der Waals surface area contributed by atoms with Crippen molar-refractivity contribution >= 4 is 17.5 Å². The normalized spacial score (nSPS) is 15.8. The lowest BCUT2D eigenvalue weighted by molar-refractivity contribution is 0.0714. The van der Waals surface area contributed by atoms with E-state index in [0.717, 1.165) is 32.4 Å². The molecule has 1 aromatic heterocycles. The molecule has 1 saturated heterocycles. The lowest BCUT2D eigenvalue weighted by atomic mass is 10.1. The van der Waals surface area contributed by atoms with Gasteiger partial charge in [-0.25, -0.2) is 0 Å². The molecule has 0 saturated carbocycles. The Morgan fingerprint density at radius 2 is 1.88 bits per heavy atom. The van der Waals surface area contributed by atoms with Crippen molar-refractivity contribution in [2.24, 2.45) is 7.05 Å². The van der Waals surface area contributed by atoms with Gasteiger partial charge in [0.25, 0.3) is 11.8 Å². The van der Waals surface area contributed by atoms with Crippen LogP contribution in [0.1, 0.15) is 40.1 Å². The zero-order chi connectivity index (χ0) is 18.1. The molecule has 0 aliphatic carbocycles. The molecule has 0 atom stereocenters. The minimum absolute atomic E-state index is 0.106. The summed E-state index contributed by atoms with van der Waals surface area (Å²) >= 11 is 0. The lowest BCUT2D eigenvalue weighted by Gasteiger charge is -2.27. The van der Waals surface area contributed by atoms with Crippen molar-refractivity contribution in [3.05, 3.63) is 35.7 Å². The fourth-order valence-electron chi connectivity index (χ4n) is 3.26. The van der Waals surface area contributed by atoms with Gasteiger partial charge in [-0.1, -0.05) is 0 Å². The van der Waals surface area contributed by atoms with Gasteiger partial charge in [0.15, 0.2) is 11.5 Å². The summed E-state index contributed by atoms with van der Waals surface area (Å²) < 4.78 is 12.1. The molecule has 2 amide bonds. The number of amides is 2. The number of aromatic nitrogens is 2. The van der Waals surface area contributed by atoms with Gasteiger partial charge in [0.1, 0.15) is 5.69 Å². The molecule has 3 heterocycles. The zero-order valence-corrected chi connectivity index (χ0v) is 14.5. The van der Waals surface area contributed by atoms with E-state index in [0.29, 0.717) is 28.4 Å². The highest BCUT2D eigenvalue weighted by molar-refractivity contribution is 6.08. The molecule has 0 bridgehead atoms. The number of hydrogen-bond donors (Lipinski definition) is 1. The van der Waals surface area contributed by atoms with Crippen LogP contribution in [-0.4, -0.2) is 46.4 Å². The fraction of sp³-hybridized carbons (Fsp3) is 0.389. The maximum absolute atomic E-state index is 12.9. The molecule has 0 spiro atoms. The van der Waals surface area contributed by atoms with Crippen molar-refractivity contribution in [2.75, 3.05) is 25.2 Å². The number of nitrogens with one attached hydrogen (secondary N) is 1. The largest absolute Gasteiger partial charge is 0.454 e. The highest BCUT2D eigenvalue weighted by Crippen LogP contribution is 2.32. The second-order valence-corrected chi connectivity index (χ2v) is 6.41. The fourth-order valence-corrected chi connectivity index (χ4v) is 3.26. The van der Waals surface area contributed by atoms with E-state index in [1.807, 2.05) is 4.90 Å². The van der Waals surface area contributed by atoms with Crippen LogP contribution in [0.4, 0.5) is 5.69 Å². The maximum Gasteiger partial charge on any atom is 0.274 e. The van der Waals surface area contributed by atoms with Crippen LogP contribution in [-0.2, 0) is 7.05 Å². The number of nitrogens with zero attached hydrogens (tertiary/aromatic N) is 3. The third-order valence-electron chi connectivity index (χ3n) is 4.67. The third kappa shape index (κ3) is 2.98. The average molecular weight is 356 g/mol. The van der Waals surface area contributed by atoms with E-state index in [-0.39, 0.29) is 18.6 Å². The summed E-state index contributed by atoms with van der Waals surface area (Å²) in [6.07, 6.45) is 4.65. The van der Waals surface area contributed by atoms with Gasteiger partial charge in [-0.15, -0.1) is 0 Å². The minimum atomic E-state index is -0.330. The number of piperidine rings is 1. The molecule has 4 rings (SSSR count). The summed E-state index contributed by atoms with van der Waals surface area (Å²) in [4.78, 5) is 27.3. The Balaban J connectivity index is 1.55. The number of anilines is 1. The number of ether oxygens (including phenoxy) is 2. The van der Waals surface area contributed by atoms with E-state index in [1.165, 1.54) is 10.9 Å². The van der Waals surface area contributed by atoms with Gasteiger partial charge < -0.3 is 19.7 Å². The number of carbonyl (C=O) groups excluding carboxylic acids is 2. The molecule has 0 radical (unpaired) electrons. The molecule has 2 aliphatic rings. The molecule has 2 aliphatic heterocycles. The number of likely N-dealkylation sites (tertiary alicyclic amines) is 1. The van der Waals surface area contributed by atoms with Gasteiger partial charge in [0.05, 0.1) is 11.9 Å². The Morgan fingerprint density at radius 3 is 2.69 bits per heavy atom. The first-order valence-electron chi connectivity index (χ1n) is 8.66. The first-order valence-corrected chi connectivity index (χ1v) is 8.66. The van der Waals surface area contributed by atoms with Crippen LogP contribution in [0.25, 0.3) is 0 Å². The minimum Gasteiger partial charge on any atom is -0.454 e. The predicted octanol–water partition coefficient (Wildman–Crippen LogP) is 2.03. The zero-order valence-electron chi connectivity index (χ0n) is 14.5. The smallest absolute Gasteiger partial charge is 0.274 e. The summed E-state index contributed by atoms with van der Waals surface area (Å²) in [6.45, 7) is 1.62. The average Bonchev–Trinajstić information content (AvgIpc) is 3.27. The lowest BCUT2D eigenvalue weighted by Crippen LogP contribution is -2.37. The van der Waals surface area contributed by atoms with E-state index >= 15 is 0 Å². The molecule has 26 heavy (non-hydrogen) atoms. The Morgan fingerprint density at radius 1 is 1.12 bits per heavy atom.